The van der Waals surface area contributed by atoms with E-state index < -0.39 is 0 Å². The summed E-state index contributed by atoms with van der Waals surface area (Å²) in [6, 6.07) is 7.56. The van der Waals surface area contributed by atoms with Crippen molar-refractivity contribution in [2.45, 2.75) is 0 Å². The second-order valence-corrected chi connectivity index (χ2v) is 4.71. The van der Waals surface area contributed by atoms with Gasteiger partial charge in [-0.15, -0.1) is 11.3 Å². The average molecular weight is 270 g/mol. The lowest BCUT2D eigenvalue weighted by Gasteiger charge is -1.93. The van der Waals surface area contributed by atoms with Crippen molar-refractivity contribution >= 4 is 29.2 Å². The third kappa shape index (κ3) is 2.69. The molecule has 0 spiro atoms. The number of anilines is 1. The van der Waals surface area contributed by atoms with Crippen molar-refractivity contribution in [2.75, 3.05) is 5.73 Å². The second kappa shape index (κ2) is 5.03. The minimum absolute atomic E-state index is 0.450. The Kier molecular flexibility index (Phi) is 3.07. The molecule has 0 aliphatic carbocycles. The minimum atomic E-state index is 0.450. The lowest BCUT2D eigenvalue weighted by Crippen LogP contribution is -1.83. The maximum absolute atomic E-state index is 5.70. The van der Waals surface area contributed by atoms with Gasteiger partial charge in [-0.25, -0.2) is 0 Å². The van der Waals surface area contributed by atoms with E-state index >= 15 is 0 Å². The Morgan fingerprint density at radius 3 is 3.00 bits per heavy atom. The summed E-state index contributed by atoms with van der Waals surface area (Å²) >= 11 is 1.47. The van der Waals surface area contributed by atoms with Crippen LogP contribution in [0.25, 0.3) is 22.9 Å². The number of hydrogen-bond acceptors (Lipinski definition) is 6. The van der Waals surface area contributed by atoms with Crippen molar-refractivity contribution in [1.82, 2.24) is 15.1 Å². The molecule has 1 aromatic carbocycles. The lowest BCUT2D eigenvalue weighted by molar-refractivity contribution is 0.411. The lowest BCUT2D eigenvalue weighted by atomic mass is 10.2. The predicted molar refractivity (Wildman–Crippen MR) is 75.2 cm³/mol. The number of aromatic nitrogens is 3. The third-order valence-corrected chi connectivity index (χ3v) is 3.19. The summed E-state index contributed by atoms with van der Waals surface area (Å²) < 4.78 is 5.14. The summed E-state index contributed by atoms with van der Waals surface area (Å²) in [4.78, 5) is 9.12. The molecule has 5 nitrogen and oxygen atoms in total. The highest BCUT2D eigenvalue weighted by Gasteiger charge is 2.07. The molecule has 2 aromatic heterocycles. The van der Waals surface area contributed by atoms with Gasteiger partial charge in [0.15, 0.2) is 0 Å². The molecule has 0 aliphatic rings. The van der Waals surface area contributed by atoms with E-state index in [0.717, 1.165) is 16.1 Å². The zero-order valence-electron chi connectivity index (χ0n) is 9.85. The largest absolute Gasteiger partial charge is 0.399 e. The zero-order valence-corrected chi connectivity index (χ0v) is 10.7. The van der Waals surface area contributed by atoms with Crippen molar-refractivity contribution in [3.05, 3.63) is 47.4 Å². The SMILES string of the molecule is Nc1cccc(/C=C/c2nc(-c3cncs3)no2)c1. The number of hydrogen-bond donors (Lipinski definition) is 1. The van der Waals surface area contributed by atoms with Crippen molar-refractivity contribution in [3.63, 3.8) is 0 Å². The van der Waals surface area contributed by atoms with Gasteiger partial charge in [0.05, 0.1) is 10.4 Å². The summed E-state index contributed by atoms with van der Waals surface area (Å²) in [5, 5.41) is 3.90. The Balaban J connectivity index is 1.81. The first-order valence-electron chi connectivity index (χ1n) is 5.57. The van der Waals surface area contributed by atoms with Crippen LogP contribution >= 0.6 is 11.3 Å². The molecule has 0 fully saturated rings. The summed E-state index contributed by atoms with van der Waals surface area (Å²) in [5.74, 6) is 1.00. The van der Waals surface area contributed by atoms with Crippen LogP contribution in [0.1, 0.15) is 11.5 Å². The monoisotopic (exact) mass is 270 g/mol. The smallest absolute Gasteiger partial charge is 0.250 e. The van der Waals surface area contributed by atoms with Crippen molar-refractivity contribution < 1.29 is 4.52 Å². The molecule has 6 heteroatoms. The molecule has 0 radical (unpaired) electrons. The number of rotatable bonds is 3. The van der Waals surface area contributed by atoms with Crippen LogP contribution in [0.3, 0.4) is 0 Å². The van der Waals surface area contributed by atoms with Crippen LogP contribution in [-0.2, 0) is 0 Å². The van der Waals surface area contributed by atoms with Crippen LogP contribution in [0.15, 0.2) is 40.5 Å². The number of nitrogens with two attached hydrogens (primary N) is 1. The fourth-order valence-electron chi connectivity index (χ4n) is 1.56. The van der Waals surface area contributed by atoms with Crippen LogP contribution in [-0.4, -0.2) is 15.1 Å². The number of nitrogen functional groups attached to an aromatic ring is 1. The summed E-state index contributed by atoms with van der Waals surface area (Å²) in [7, 11) is 0. The molecular formula is C13H10N4OS. The highest BCUT2D eigenvalue weighted by atomic mass is 32.1. The zero-order chi connectivity index (χ0) is 13.1. The number of thiazole rings is 1. The normalized spacial score (nSPS) is 11.2. The van der Waals surface area contributed by atoms with Gasteiger partial charge in [-0.2, -0.15) is 4.98 Å². The van der Waals surface area contributed by atoms with Crippen molar-refractivity contribution in [1.29, 1.82) is 0 Å². The van der Waals surface area contributed by atoms with E-state index in [1.54, 1.807) is 17.8 Å². The van der Waals surface area contributed by atoms with Gasteiger partial charge in [0.1, 0.15) is 0 Å². The number of benzene rings is 1. The van der Waals surface area contributed by atoms with Gasteiger partial charge in [0, 0.05) is 18.0 Å². The molecule has 2 heterocycles. The fraction of sp³-hybridized carbons (Fsp3) is 0. The Morgan fingerprint density at radius 2 is 2.21 bits per heavy atom. The van der Waals surface area contributed by atoms with E-state index in [2.05, 4.69) is 15.1 Å². The minimum Gasteiger partial charge on any atom is -0.399 e. The van der Waals surface area contributed by atoms with Crippen LogP contribution in [0.2, 0.25) is 0 Å². The van der Waals surface area contributed by atoms with Gasteiger partial charge < -0.3 is 10.3 Å². The standard InChI is InChI=1S/C13H10N4OS/c14-10-3-1-2-9(6-10)4-5-12-16-13(17-18-12)11-7-15-8-19-11/h1-8H,14H2/b5-4+. The van der Waals surface area contributed by atoms with Gasteiger partial charge in [-0.05, 0) is 23.8 Å². The molecule has 3 rings (SSSR count). The van der Waals surface area contributed by atoms with E-state index in [4.69, 9.17) is 10.3 Å². The van der Waals surface area contributed by atoms with Gasteiger partial charge in [-0.3, -0.25) is 4.98 Å². The van der Waals surface area contributed by atoms with Crippen LogP contribution in [0.4, 0.5) is 5.69 Å². The van der Waals surface area contributed by atoms with Gasteiger partial charge >= 0.3 is 0 Å². The molecule has 0 aliphatic heterocycles. The topological polar surface area (TPSA) is 77.8 Å². The van der Waals surface area contributed by atoms with Crippen molar-refractivity contribution in [2.24, 2.45) is 0 Å². The Bertz CT molecular complexity index is 703. The van der Waals surface area contributed by atoms with Crippen LogP contribution in [0.5, 0.6) is 0 Å². The molecule has 0 atom stereocenters. The van der Waals surface area contributed by atoms with Gasteiger partial charge in [0.2, 0.25) is 5.82 Å². The first-order valence-corrected chi connectivity index (χ1v) is 6.45. The Labute approximate surface area is 113 Å². The van der Waals surface area contributed by atoms with E-state index in [-0.39, 0.29) is 0 Å². The quantitative estimate of drug-likeness (QED) is 0.740. The molecule has 0 amide bonds. The first kappa shape index (κ1) is 11.6. The molecule has 2 N–H and O–H groups in total. The van der Waals surface area contributed by atoms with Crippen molar-refractivity contribution in [3.8, 4) is 10.7 Å². The van der Waals surface area contributed by atoms with E-state index in [1.165, 1.54) is 11.3 Å². The molecular weight excluding hydrogens is 260 g/mol. The average Bonchev–Trinajstić information content (AvgIpc) is 3.07. The Hall–Kier alpha value is -2.47. The maximum atomic E-state index is 5.70. The molecule has 0 bridgehead atoms. The Morgan fingerprint density at radius 1 is 1.26 bits per heavy atom. The third-order valence-electron chi connectivity index (χ3n) is 2.42. The first-order chi connectivity index (χ1) is 9.31. The van der Waals surface area contributed by atoms with E-state index in [9.17, 15) is 0 Å². The molecule has 94 valence electrons. The molecule has 0 unspecified atom stereocenters. The molecule has 3 aromatic rings. The summed E-state index contributed by atoms with van der Waals surface area (Å²) in [6.07, 6.45) is 5.34. The van der Waals surface area contributed by atoms with Crippen LogP contribution < -0.4 is 5.73 Å². The highest BCUT2D eigenvalue weighted by molar-refractivity contribution is 7.13. The van der Waals surface area contributed by atoms with E-state index in [1.807, 2.05) is 30.3 Å². The number of nitrogens with zero attached hydrogens (tertiary/aromatic N) is 3. The molecule has 19 heavy (non-hydrogen) atoms. The fourth-order valence-corrected chi connectivity index (χ4v) is 2.10. The molecule has 0 saturated carbocycles. The maximum Gasteiger partial charge on any atom is 0.250 e. The van der Waals surface area contributed by atoms with E-state index in [0.29, 0.717) is 11.7 Å². The second-order valence-electron chi connectivity index (χ2n) is 3.83. The summed E-state index contributed by atoms with van der Waals surface area (Å²) in [5.41, 5.74) is 9.14. The molecule has 0 saturated heterocycles. The van der Waals surface area contributed by atoms with Gasteiger partial charge in [0.25, 0.3) is 5.89 Å². The highest BCUT2D eigenvalue weighted by Crippen LogP contribution is 2.20. The van der Waals surface area contributed by atoms with Gasteiger partial charge in [-0.1, -0.05) is 17.3 Å². The van der Waals surface area contributed by atoms with Crippen LogP contribution in [0, 0.1) is 0 Å². The predicted octanol–water partition coefficient (Wildman–Crippen LogP) is 2.95. The summed E-state index contributed by atoms with van der Waals surface area (Å²) in [6.45, 7) is 0.